The molecular weight excluding hydrogens is 495 g/mol. The molecule has 8 heteroatoms. The summed E-state index contributed by atoms with van der Waals surface area (Å²) in [7, 11) is -3.17. The van der Waals surface area contributed by atoms with Gasteiger partial charge in [-0.1, -0.05) is 80.9 Å². The van der Waals surface area contributed by atoms with Crippen molar-refractivity contribution in [2.45, 2.75) is 39.3 Å². The molecule has 1 aliphatic rings. The molecule has 0 radical (unpaired) electrons. The van der Waals surface area contributed by atoms with E-state index < -0.39 is 16.1 Å². The second-order valence-electron chi connectivity index (χ2n) is 11.8. The molecule has 1 saturated heterocycles. The third kappa shape index (κ3) is 7.01. The molecule has 3 aromatic rings. The molecule has 4 rings (SSSR count). The van der Waals surface area contributed by atoms with Gasteiger partial charge in [0.25, 0.3) is 0 Å². The quantitative estimate of drug-likeness (QED) is 0.385. The number of urea groups is 1. The summed E-state index contributed by atoms with van der Waals surface area (Å²) in [4.78, 5) is 15.6. The maximum atomic E-state index is 13.3. The van der Waals surface area contributed by atoms with Crippen LogP contribution in [-0.4, -0.2) is 66.5 Å². The Morgan fingerprint density at radius 2 is 1.54 bits per heavy atom. The number of fused-ring (bicyclic) bond motifs is 1. The number of anilines is 2. The number of nitrogens with one attached hydrogen (secondary N) is 2. The minimum Gasteiger partial charge on any atom is -0.492 e. The van der Waals surface area contributed by atoms with Gasteiger partial charge in [-0.05, 0) is 23.4 Å². The van der Waals surface area contributed by atoms with Crippen molar-refractivity contribution in [3.8, 4) is 5.75 Å². The van der Waals surface area contributed by atoms with Crippen molar-refractivity contribution in [1.82, 2.24) is 4.90 Å². The van der Waals surface area contributed by atoms with E-state index in [1.807, 2.05) is 36.4 Å². The van der Waals surface area contributed by atoms with E-state index >= 15 is 0 Å². The fraction of sp³-hybridized carbons (Fsp3) is 0.414. The SMILES string of the molecule is C[Si](C)(C)c1ccc([Si](C)(C)C)c(NC(=O)Nc2ccc(OCCN3CCOCC3)c3ccccc23)c1. The van der Waals surface area contributed by atoms with Crippen LogP contribution in [0.5, 0.6) is 5.75 Å². The van der Waals surface area contributed by atoms with Crippen LogP contribution in [-0.2, 0) is 4.74 Å². The van der Waals surface area contributed by atoms with Gasteiger partial charge >= 0.3 is 6.03 Å². The zero-order chi connectivity index (χ0) is 26.6. The zero-order valence-corrected chi connectivity index (χ0v) is 25.1. The average Bonchev–Trinajstić information content (AvgIpc) is 2.84. The van der Waals surface area contributed by atoms with Crippen LogP contribution >= 0.6 is 0 Å². The second kappa shape index (κ2) is 11.4. The van der Waals surface area contributed by atoms with Crippen LogP contribution in [0.25, 0.3) is 10.8 Å². The Bertz CT molecular complexity index is 1250. The second-order valence-corrected chi connectivity index (χ2v) is 21.9. The summed E-state index contributed by atoms with van der Waals surface area (Å²) in [5, 5.41) is 10.8. The van der Waals surface area contributed by atoms with E-state index in [2.05, 4.69) is 73.0 Å². The van der Waals surface area contributed by atoms with Crippen LogP contribution in [0.3, 0.4) is 0 Å². The van der Waals surface area contributed by atoms with E-state index in [1.165, 1.54) is 10.4 Å². The van der Waals surface area contributed by atoms with E-state index in [1.54, 1.807) is 0 Å². The highest BCUT2D eigenvalue weighted by Gasteiger charge is 2.25. The predicted molar refractivity (Wildman–Crippen MR) is 162 cm³/mol. The number of carbonyl (C=O) groups is 1. The number of hydrogen-bond acceptors (Lipinski definition) is 4. The van der Waals surface area contributed by atoms with Crippen LogP contribution in [0.1, 0.15) is 0 Å². The number of nitrogens with zero attached hydrogens (tertiary/aromatic N) is 1. The van der Waals surface area contributed by atoms with Gasteiger partial charge in [-0.15, -0.1) is 0 Å². The molecule has 0 saturated carbocycles. The molecule has 0 unspecified atom stereocenters. The van der Waals surface area contributed by atoms with Gasteiger partial charge in [0.15, 0.2) is 0 Å². The lowest BCUT2D eigenvalue weighted by Crippen LogP contribution is -2.44. The molecular formula is C29H41N3O3Si2. The van der Waals surface area contributed by atoms with Crippen molar-refractivity contribution in [3.05, 3.63) is 54.6 Å². The molecule has 1 aliphatic heterocycles. The lowest BCUT2D eigenvalue weighted by Gasteiger charge is -2.26. The topological polar surface area (TPSA) is 62.8 Å². The van der Waals surface area contributed by atoms with Crippen molar-refractivity contribution < 1.29 is 14.3 Å². The summed E-state index contributed by atoms with van der Waals surface area (Å²) in [5.74, 6) is 0.832. The van der Waals surface area contributed by atoms with E-state index in [0.717, 1.165) is 60.7 Å². The lowest BCUT2D eigenvalue weighted by molar-refractivity contribution is 0.0323. The third-order valence-electron chi connectivity index (χ3n) is 6.84. The monoisotopic (exact) mass is 535 g/mol. The molecule has 37 heavy (non-hydrogen) atoms. The van der Waals surface area contributed by atoms with Gasteiger partial charge in [0.1, 0.15) is 12.4 Å². The van der Waals surface area contributed by atoms with Crippen molar-refractivity contribution in [1.29, 1.82) is 0 Å². The molecule has 3 aromatic carbocycles. The Morgan fingerprint density at radius 1 is 0.865 bits per heavy atom. The van der Waals surface area contributed by atoms with Gasteiger partial charge in [0, 0.05) is 36.1 Å². The Balaban J connectivity index is 1.51. The summed E-state index contributed by atoms with van der Waals surface area (Å²) in [6.45, 7) is 18.9. The van der Waals surface area contributed by atoms with Gasteiger partial charge in [0.05, 0.1) is 35.0 Å². The summed E-state index contributed by atoms with van der Waals surface area (Å²) in [6, 6.07) is 18.4. The Hall–Kier alpha value is -2.66. The minimum atomic E-state index is -1.65. The van der Waals surface area contributed by atoms with E-state index in [-0.39, 0.29) is 6.03 Å². The van der Waals surface area contributed by atoms with Crippen molar-refractivity contribution in [3.63, 3.8) is 0 Å². The molecule has 1 heterocycles. The first-order chi connectivity index (χ1) is 17.5. The van der Waals surface area contributed by atoms with E-state index in [0.29, 0.717) is 6.61 Å². The number of rotatable bonds is 8. The molecule has 0 spiro atoms. The average molecular weight is 536 g/mol. The number of ether oxygens (including phenoxy) is 2. The Kier molecular flexibility index (Phi) is 8.43. The maximum Gasteiger partial charge on any atom is 0.323 e. The van der Waals surface area contributed by atoms with E-state index in [4.69, 9.17) is 9.47 Å². The molecule has 6 nitrogen and oxygen atoms in total. The first-order valence-electron chi connectivity index (χ1n) is 13.2. The summed E-state index contributed by atoms with van der Waals surface area (Å²) in [6.07, 6.45) is 0. The molecule has 0 aliphatic carbocycles. The summed E-state index contributed by atoms with van der Waals surface area (Å²) < 4.78 is 11.6. The smallest absolute Gasteiger partial charge is 0.323 e. The first kappa shape index (κ1) is 27.4. The zero-order valence-electron chi connectivity index (χ0n) is 23.1. The Labute approximate surface area is 223 Å². The highest BCUT2D eigenvalue weighted by molar-refractivity contribution is 6.91. The number of hydrogen-bond donors (Lipinski definition) is 2. The van der Waals surface area contributed by atoms with Crippen molar-refractivity contribution >= 4 is 54.7 Å². The maximum absolute atomic E-state index is 13.3. The number of carbonyl (C=O) groups excluding carboxylic acids is 1. The van der Waals surface area contributed by atoms with Gasteiger partial charge < -0.3 is 20.1 Å². The van der Waals surface area contributed by atoms with Crippen LogP contribution < -0.4 is 25.7 Å². The molecule has 2 N–H and O–H groups in total. The number of morpholine rings is 1. The van der Waals surface area contributed by atoms with Crippen molar-refractivity contribution in [2.75, 3.05) is 50.1 Å². The minimum absolute atomic E-state index is 0.224. The lowest BCUT2D eigenvalue weighted by atomic mass is 10.1. The molecule has 1 fully saturated rings. The van der Waals surface area contributed by atoms with Gasteiger partial charge in [-0.3, -0.25) is 4.90 Å². The van der Waals surface area contributed by atoms with Crippen LogP contribution in [0.2, 0.25) is 39.3 Å². The van der Waals surface area contributed by atoms with Crippen LogP contribution in [0, 0.1) is 0 Å². The first-order valence-corrected chi connectivity index (χ1v) is 20.2. The van der Waals surface area contributed by atoms with Crippen LogP contribution in [0.4, 0.5) is 16.2 Å². The highest BCUT2D eigenvalue weighted by atomic mass is 28.3. The third-order valence-corrected chi connectivity index (χ3v) is 10.9. The predicted octanol–water partition coefficient (Wildman–Crippen LogP) is 5.29. The summed E-state index contributed by atoms with van der Waals surface area (Å²) >= 11 is 0. The van der Waals surface area contributed by atoms with Gasteiger partial charge in [-0.2, -0.15) is 0 Å². The van der Waals surface area contributed by atoms with Gasteiger partial charge in [-0.25, -0.2) is 4.79 Å². The number of amides is 2. The molecule has 0 aromatic heterocycles. The molecule has 0 atom stereocenters. The Morgan fingerprint density at radius 3 is 2.22 bits per heavy atom. The molecule has 2 amide bonds. The van der Waals surface area contributed by atoms with E-state index in [9.17, 15) is 4.79 Å². The molecule has 0 bridgehead atoms. The largest absolute Gasteiger partial charge is 0.492 e. The standard InChI is InChI=1S/C29H41N3O3Si2/c1-36(2,3)22-11-14-28(37(4,5)6)26(21-22)31-29(33)30-25-12-13-27(24-10-8-7-9-23(24)25)35-20-17-32-15-18-34-19-16-32/h7-14,21H,15-20H2,1-6H3,(H2,30,31,33). The van der Waals surface area contributed by atoms with Crippen LogP contribution in [0.15, 0.2) is 54.6 Å². The van der Waals surface area contributed by atoms with Gasteiger partial charge in [0.2, 0.25) is 0 Å². The fourth-order valence-electron chi connectivity index (χ4n) is 4.66. The normalized spacial score (nSPS) is 15.0. The molecule has 198 valence electrons. The summed E-state index contributed by atoms with van der Waals surface area (Å²) in [5.41, 5.74) is 1.70. The number of benzene rings is 3. The fourth-order valence-corrected chi connectivity index (χ4v) is 7.35. The highest BCUT2D eigenvalue weighted by Crippen LogP contribution is 2.32. The van der Waals surface area contributed by atoms with Crippen molar-refractivity contribution in [2.24, 2.45) is 0 Å².